The summed E-state index contributed by atoms with van der Waals surface area (Å²) in [6.07, 6.45) is -12.9. The Balaban J connectivity index is 1.34. The predicted octanol–water partition coefficient (Wildman–Crippen LogP) is 4.02. The fourth-order valence-electron chi connectivity index (χ4n) is 10.5. The van der Waals surface area contributed by atoms with Crippen molar-refractivity contribution in [3.05, 3.63) is 119 Å². The zero-order chi connectivity index (χ0) is 46.4. The number of benzene rings is 3. The van der Waals surface area contributed by atoms with Gasteiger partial charge in [0.2, 0.25) is 0 Å². The number of carbonyl (C=O) groups excluding carboxylic acids is 5. The number of aliphatic hydroxyl groups is 4. The lowest BCUT2D eigenvalue weighted by Gasteiger charge is -2.69. The second kappa shape index (κ2) is 17.7. The van der Waals surface area contributed by atoms with Gasteiger partial charge in [0.25, 0.3) is 0 Å². The lowest BCUT2D eigenvalue weighted by molar-refractivity contribution is -0.365. The maximum atomic E-state index is 14.3. The van der Waals surface area contributed by atoms with E-state index in [0.717, 1.165) is 6.92 Å². The van der Waals surface area contributed by atoms with Crippen molar-refractivity contribution in [3.63, 3.8) is 0 Å². The fourth-order valence-corrected chi connectivity index (χ4v) is 10.5. The highest BCUT2D eigenvalue weighted by Crippen LogP contribution is 2.65. The molecular weight excluding hydrogens is 831 g/mol. The van der Waals surface area contributed by atoms with Gasteiger partial charge in [0, 0.05) is 37.5 Å². The summed E-state index contributed by atoms with van der Waals surface area (Å²) in [6.45, 7) is 8.14. The summed E-state index contributed by atoms with van der Waals surface area (Å²) in [7, 11) is 0. The molecule has 0 spiro atoms. The van der Waals surface area contributed by atoms with Crippen molar-refractivity contribution < 1.29 is 72.8 Å². The third-order valence-electron chi connectivity index (χ3n) is 13.9. The van der Waals surface area contributed by atoms with E-state index in [0.29, 0.717) is 11.1 Å². The van der Waals surface area contributed by atoms with Gasteiger partial charge in [-0.3, -0.25) is 9.59 Å². The molecular formula is C48H55NO15. The Kier molecular flexibility index (Phi) is 12.8. The first-order chi connectivity index (χ1) is 30.3. The number of alkyl carbamates (subject to hydrolysis) is 1. The van der Waals surface area contributed by atoms with Crippen molar-refractivity contribution in [3.8, 4) is 0 Å². The van der Waals surface area contributed by atoms with E-state index in [4.69, 9.17) is 28.4 Å². The number of ether oxygens (including phenoxy) is 6. The second-order valence-corrected chi connectivity index (χ2v) is 17.9. The summed E-state index contributed by atoms with van der Waals surface area (Å²) in [5.41, 5.74) is -6.17. The van der Waals surface area contributed by atoms with Crippen LogP contribution in [0.2, 0.25) is 0 Å². The van der Waals surface area contributed by atoms with Crippen LogP contribution in [0.1, 0.15) is 81.9 Å². The molecule has 342 valence electrons. The molecule has 2 bridgehead atoms. The molecule has 1 aliphatic heterocycles. The van der Waals surface area contributed by atoms with Crippen LogP contribution in [0, 0.1) is 16.7 Å². The maximum absolute atomic E-state index is 14.3. The highest BCUT2D eigenvalue weighted by Gasteiger charge is 2.78. The SMILES string of the molecule is CC(=O)O[C@@H]1C2=C(C)[C@@H](OC(=O)[C@H](O)[C@@H](NC(=O)OCc3ccccc3)c3ccccc3)C[C@@](O)([C@@H](OC(=O)c3ccccc3)[C@@H]3[C@]4(OC(C)=O)CO[C@@H]4C[C@H](O)[C@@]3(C)[C@H]1O)C2(C)C. The molecule has 2 saturated carbocycles. The Bertz CT molecular complexity index is 2270. The monoisotopic (exact) mass is 885 g/mol. The van der Waals surface area contributed by atoms with E-state index in [-0.39, 0.29) is 36.3 Å². The largest absolute Gasteiger partial charge is 0.456 e. The molecule has 0 radical (unpaired) electrons. The van der Waals surface area contributed by atoms with Crippen LogP contribution in [0.4, 0.5) is 4.79 Å². The summed E-state index contributed by atoms with van der Waals surface area (Å²) >= 11 is 0. The van der Waals surface area contributed by atoms with E-state index in [2.05, 4.69) is 5.32 Å². The maximum Gasteiger partial charge on any atom is 0.408 e. The van der Waals surface area contributed by atoms with Crippen molar-refractivity contribution >= 4 is 30.0 Å². The van der Waals surface area contributed by atoms with Crippen molar-refractivity contribution in [2.45, 2.75) is 121 Å². The van der Waals surface area contributed by atoms with Gasteiger partial charge in [-0.25, -0.2) is 14.4 Å². The zero-order valence-electron chi connectivity index (χ0n) is 36.5. The van der Waals surface area contributed by atoms with Crippen LogP contribution in [-0.4, -0.2) is 111 Å². The minimum Gasteiger partial charge on any atom is -0.456 e. The number of amides is 1. The molecule has 7 rings (SSSR count). The lowest BCUT2D eigenvalue weighted by atomic mass is 9.44. The number of nitrogens with one attached hydrogen (secondary N) is 1. The van der Waals surface area contributed by atoms with E-state index in [1.165, 1.54) is 26.0 Å². The molecule has 0 aromatic heterocycles. The molecule has 16 nitrogen and oxygen atoms in total. The number of rotatable bonds is 11. The Morgan fingerprint density at radius 1 is 0.844 bits per heavy atom. The minimum absolute atomic E-state index is 0.0830. The van der Waals surface area contributed by atoms with Gasteiger partial charge in [0.05, 0.1) is 30.2 Å². The molecule has 64 heavy (non-hydrogen) atoms. The third kappa shape index (κ3) is 8.06. The molecule has 3 aromatic rings. The van der Waals surface area contributed by atoms with Crippen LogP contribution in [0.25, 0.3) is 0 Å². The first-order valence-corrected chi connectivity index (χ1v) is 21.2. The number of esters is 4. The summed E-state index contributed by atoms with van der Waals surface area (Å²) < 4.78 is 35.9. The van der Waals surface area contributed by atoms with Crippen LogP contribution in [0.3, 0.4) is 0 Å². The van der Waals surface area contributed by atoms with E-state index < -0.39 is 113 Å². The normalized spacial score (nSPS) is 32.3. The molecule has 3 aliphatic carbocycles. The average Bonchev–Trinajstić information content (AvgIpc) is 3.26. The van der Waals surface area contributed by atoms with E-state index in [1.807, 2.05) is 6.07 Å². The summed E-state index contributed by atoms with van der Waals surface area (Å²) in [6, 6.07) is 23.5. The molecule has 12 atom stereocenters. The van der Waals surface area contributed by atoms with Crippen LogP contribution < -0.4 is 5.32 Å². The highest BCUT2D eigenvalue weighted by molar-refractivity contribution is 5.89. The van der Waals surface area contributed by atoms with Crippen LogP contribution in [-0.2, 0) is 49.4 Å². The van der Waals surface area contributed by atoms with Gasteiger partial charge in [0.1, 0.15) is 36.6 Å². The van der Waals surface area contributed by atoms with Crippen LogP contribution in [0.15, 0.2) is 102 Å². The number of aliphatic hydroxyl groups excluding tert-OH is 3. The van der Waals surface area contributed by atoms with Crippen molar-refractivity contribution in [1.29, 1.82) is 0 Å². The number of hydrogen-bond donors (Lipinski definition) is 5. The van der Waals surface area contributed by atoms with E-state index in [1.54, 1.807) is 93.6 Å². The third-order valence-corrected chi connectivity index (χ3v) is 13.9. The van der Waals surface area contributed by atoms with E-state index >= 15 is 0 Å². The summed E-state index contributed by atoms with van der Waals surface area (Å²) in [5, 5.41) is 53.0. The second-order valence-electron chi connectivity index (χ2n) is 17.9. The summed E-state index contributed by atoms with van der Waals surface area (Å²) in [4.78, 5) is 67.9. The lowest BCUT2D eigenvalue weighted by Crippen LogP contribution is -2.82. The van der Waals surface area contributed by atoms with Gasteiger partial charge in [-0.2, -0.15) is 0 Å². The van der Waals surface area contributed by atoms with Gasteiger partial charge in [-0.05, 0) is 41.3 Å². The van der Waals surface area contributed by atoms with Crippen LogP contribution >= 0.6 is 0 Å². The number of hydrogen-bond acceptors (Lipinski definition) is 15. The number of carbonyl (C=O) groups is 5. The van der Waals surface area contributed by atoms with Gasteiger partial charge in [-0.1, -0.05) is 99.6 Å². The van der Waals surface area contributed by atoms with Crippen molar-refractivity contribution in [2.24, 2.45) is 16.7 Å². The van der Waals surface area contributed by atoms with Crippen LogP contribution in [0.5, 0.6) is 0 Å². The van der Waals surface area contributed by atoms with Crippen molar-refractivity contribution in [1.82, 2.24) is 5.32 Å². The fraction of sp³-hybridized carbons (Fsp3) is 0.479. The standard InChI is InChI=1S/C48H55NO15/c1-26-32(62-43(56)37(53)36(30-18-12-8-13-19-30)49-44(57)59-24-29-16-10-7-11-17-29)23-48(58)41(63-42(55)31-20-14-9-15-21-31)39-46(6,33(52)22-34-47(39,25-60-34)64-28(3)51)40(54)38(61-27(2)50)35(26)45(48,4)5/h7-21,32-34,36-41,52-54,58H,22-25H2,1-6H3,(H,49,57)/t32-,33-,34+,36-,37+,38+,39-,40-,41-,46+,47-,48+/m0/s1. The average molecular weight is 886 g/mol. The highest BCUT2D eigenvalue weighted by atomic mass is 16.6. The Hall–Kier alpha value is -5.65. The van der Waals surface area contributed by atoms with Gasteiger partial charge >= 0.3 is 30.0 Å². The quantitative estimate of drug-likeness (QED) is 0.104. The van der Waals surface area contributed by atoms with Crippen molar-refractivity contribution in [2.75, 3.05) is 6.61 Å². The van der Waals surface area contributed by atoms with Gasteiger partial charge in [0.15, 0.2) is 17.8 Å². The molecule has 16 heteroatoms. The smallest absolute Gasteiger partial charge is 0.408 e. The Morgan fingerprint density at radius 3 is 2.03 bits per heavy atom. The molecule has 3 fully saturated rings. The molecule has 1 saturated heterocycles. The number of fused-ring (bicyclic) bond motifs is 5. The zero-order valence-corrected chi connectivity index (χ0v) is 36.5. The summed E-state index contributed by atoms with van der Waals surface area (Å²) in [5.74, 6) is -5.22. The molecule has 1 heterocycles. The van der Waals surface area contributed by atoms with Gasteiger partial charge < -0.3 is 54.2 Å². The van der Waals surface area contributed by atoms with E-state index in [9.17, 15) is 44.4 Å². The molecule has 1 amide bonds. The first-order valence-electron chi connectivity index (χ1n) is 21.2. The predicted molar refractivity (Wildman–Crippen MR) is 225 cm³/mol. The molecule has 5 N–H and O–H groups in total. The molecule has 0 unspecified atom stereocenters. The Labute approximate surface area is 370 Å². The Morgan fingerprint density at radius 2 is 1.45 bits per heavy atom. The first kappa shape index (κ1) is 46.3. The molecule has 3 aromatic carbocycles. The minimum atomic E-state index is -2.37. The molecule has 4 aliphatic rings. The topological polar surface area (TPSA) is 234 Å². The van der Waals surface area contributed by atoms with Gasteiger partial charge in [-0.15, -0.1) is 0 Å².